The third-order valence-corrected chi connectivity index (χ3v) is 3.86. The number of hydrogen-bond donors (Lipinski definition) is 1. The minimum Gasteiger partial charge on any atom is -0.352 e. The molecule has 1 unspecified atom stereocenters. The van der Waals surface area contributed by atoms with Crippen LogP contribution >= 0.6 is 0 Å². The van der Waals surface area contributed by atoms with Gasteiger partial charge < -0.3 is 5.32 Å². The monoisotopic (exact) mass is 332 g/mol. The molecule has 0 saturated carbocycles. The maximum Gasteiger partial charge on any atom is 0.401 e. The van der Waals surface area contributed by atoms with E-state index in [9.17, 15) is 18.0 Å². The number of hydrogen-bond acceptors (Lipinski definition) is 3. The van der Waals surface area contributed by atoms with Gasteiger partial charge in [-0.2, -0.15) is 18.3 Å². The van der Waals surface area contributed by atoms with Gasteiger partial charge in [-0.25, -0.2) is 0 Å². The van der Waals surface area contributed by atoms with Crippen LogP contribution in [0.3, 0.4) is 0 Å². The number of carbonyl (C=O) groups is 1. The lowest BCUT2D eigenvalue weighted by molar-refractivity contribution is -0.143. The molecular formula is C15H23F3N4O. The summed E-state index contributed by atoms with van der Waals surface area (Å²) in [6.45, 7) is 6.23. The van der Waals surface area contributed by atoms with Crippen molar-refractivity contribution >= 4 is 5.91 Å². The van der Waals surface area contributed by atoms with Gasteiger partial charge in [-0.3, -0.25) is 14.4 Å². The van der Waals surface area contributed by atoms with E-state index in [4.69, 9.17) is 0 Å². The molecule has 0 bridgehead atoms. The second-order valence-corrected chi connectivity index (χ2v) is 7.06. The predicted octanol–water partition coefficient (Wildman–Crippen LogP) is 2.25. The van der Waals surface area contributed by atoms with E-state index < -0.39 is 12.7 Å². The van der Waals surface area contributed by atoms with Crippen LogP contribution in [-0.4, -0.2) is 52.9 Å². The van der Waals surface area contributed by atoms with Gasteiger partial charge in [-0.15, -0.1) is 0 Å². The molecule has 1 aromatic heterocycles. The Morgan fingerprint density at radius 2 is 2.09 bits per heavy atom. The van der Waals surface area contributed by atoms with E-state index in [0.29, 0.717) is 31.6 Å². The van der Waals surface area contributed by atoms with Crippen LogP contribution in [0, 0.1) is 5.92 Å². The Morgan fingerprint density at radius 1 is 1.39 bits per heavy atom. The normalized spacial score (nSPS) is 20.0. The molecule has 23 heavy (non-hydrogen) atoms. The summed E-state index contributed by atoms with van der Waals surface area (Å²) in [5.74, 6) is -0.186. The summed E-state index contributed by atoms with van der Waals surface area (Å²) in [6.07, 6.45) is -0.317. The quantitative estimate of drug-likeness (QED) is 0.920. The van der Waals surface area contributed by atoms with Gasteiger partial charge >= 0.3 is 6.18 Å². The van der Waals surface area contributed by atoms with E-state index in [1.165, 1.54) is 11.1 Å². The zero-order valence-electron chi connectivity index (χ0n) is 13.7. The van der Waals surface area contributed by atoms with E-state index in [2.05, 4.69) is 10.4 Å². The molecule has 2 heterocycles. The number of aromatic nitrogens is 2. The minimum absolute atomic E-state index is 0.0546. The molecule has 0 aliphatic carbocycles. The van der Waals surface area contributed by atoms with Crippen molar-refractivity contribution in [3.63, 3.8) is 0 Å². The van der Waals surface area contributed by atoms with Crippen molar-refractivity contribution in [2.75, 3.05) is 26.2 Å². The zero-order chi connectivity index (χ0) is 17.3. The highest BCUT2D eigenvalue weighted by Crippen LogP contribution is 2.22. The van der Waals surface area contributed by atoms with Crippen LogP contribution < -0.4 is 5.32 Å². The molecular weight excluding hydrogens is 309 g/mol. The lowest BCUT2D eigenvalue weighted by atomic mass is 10.1. The van der Waals surface area contributed by atoms with Gasteiger partial charge in [0.15, 0.2) is 0 Å². The van der Waals surface area contributed by atoms with Crippen molar-refractivity contribution < 1.29 is 18.0 Å². The van der Waals surface area contributed by atoms with Crippen LogP contribution in [0.2, 0.25) is 0 Å². The van der Waals surface area contributed by atoms with E-state index in [0.717, 1.165) is 0 Å². The lowest BCUT2D eigenvalue weighted by Gasteiger charge is -2.18. The summed E-state index contributed by atoms with van der Waals surface area (Å²) >= 11 is 0. The molecule has 2 rings (SSSR count). The highest BCUT2D eigenvalue weighted by Gasteiger charge is 2.34. The van der Waals surface area contributed by atoms with Crippen LogP contribution in [0.4, 0.5) is 13.2 Å². The number of halogens is 3. The maximum atomic E-state index is 12.3. The number of likely N-dealkylation sites (tertiary alicyclic amines) is 1. The fraction of sp³-hybridized carbons (Fsp3) is 0.733. The van der Waals surface area contributed by atoms with Gasteiger partial charge in [0.25, 0.3) is 5.91 Å². The topological polar surface area (TPSA) is 50.2 Å². The first kappa shape index (κ1) is 17.8. The first-order valence-corrected chi connectivity index (χ1v) is 7.67. The molecule has 0 spiro atoms. The third-order valence-electron chi connectivity index (χ3n) is 3.86. The van der Waals surface area contributed by atoms with Gasteiger partial charge in [0.05, 0.1) is 23.8 Å². The number of nitrogens with zero attached hydrogens (tertiary/aromatic N) is 3. The van der Waals surface area contributed by atoms with Crippen LogP contribution in [-0.2, 0) is 5.54 Å². The Labute approximate surface area is 133 Å². The summed E-state index contributed by atoms with van der Waals surface area (Å²) in [6, 6.07) is 0. The van der Waals surface area contributed by atoms with Gasteiger partial charge in [-0.1, -0.05) is 0 Å². The molecule has 1 N–H and O–H groups in total. The molecule has 1 saturated heterocycles. The Kier molecular flexibility index (Phi) is 5.03. The van der Waals surface area contributed by atoms with Gasteiger partial charge in [0.2, 0.25) is 0 Å². The van der Waals surface area contributed by atoms with Crippen molar-refractivity contribution in [3.8, 4) is 0 Å². The van der Waals surface area contributed by atoms with Gasteiger partial charge in [-0.05, 0) is 39.7 Å². The molecule has 1 atom stereocenters. The molecule has 0 aromatic carbocycles. The molecule has 5 nitrogen and oxygen atoms in total. The van der Waals surface area contributed by atoms with Crippen LogP contribution in [0.1, 0.15) is 37.6 Å². The Bertz CT molecular complexity index is 548. The average Bonchev–Trinajstić information content (AvgIpc) is 3.02. The fourth-order valence-electron chi connectivity index (χ4n) is 2.62. The molecule has 1 aliphatic heterocycles. The molecule has 1 aromatic rings. The Morgan fingerprint density at radius 3 is 2.65 bits per heavy atom. The summed E-state index contributed by atoms with van der Waals surface area (Å²) in [5.41, 5.74) is 0.257. The highest BCUT2D eigenvalue weighted by molar-refractivity contribution is 5.93. The molecule has 130 valence electrons. The van der Waals surface area contributed by atoms with E-state index in [1.54, 1.807) is 10.9 Å². The summed E-state index contributed by atoms with van der Waals surface area (Å²) < 4.78 is 38.8. The summed E-state index contributed by atoms with van der Waals surface area (Å²) in [4.78, 5) is 13.5. The fourth-order valence-corrected chi connectivity index (χ4v) is 2.62. The van der Waals surface area contributed by atoms with Crippen molar-refractivity contribution in [3.05, 3.63) is 18.0 Å². The average molecular weight is 332 g/mol. The second-order valence-electron chi connectivity index (χ2n) is 7.06. The largest absolute Gasteiger partial charge is 0.401 e. The van der Waals surface area contributed by atoms with Crippen molar-refractivity contribution in [1.29, 1.82) is 0 Å². The molecule has 1 fully saturated rings. The van der Waals surface area contributed by atoms with Crippen molar-refractivity contribution in [1.82, 2.24) is 20.0 Å². The molecule has 0 radical (unpaired) electrons. The van der Waals surface area contributed by atoms with Crippen LogP contribution in [0.25, 0.3) is 0 Å². The number of amides is 1. The zero-order valence-corrected chi connectivity index (χ0v) is 13.7. The third kappa shape index (κ3) is 5.23. The maximum absolute atomic E-state index is 12.3. The SMILES string of the molecule is CC(C)(C)n1cc(C(=O)NCC2CCN(CC(F)(F)F)C2)cn1. The van der Waals surface area contributed by atoms with Crippen molar-refractivity contribution in [2.24, 2.45) is 5.92 Å². The van der Waals surface area contributed by atoms with Crippen LogP contribution in [0.15, 0.2) is 12.4 Å². The number of carbonyl (C=O) groups excluding carboxylic acids is 1. The van der Waals surface area contributed by atoms with E-state index >= 15 is 0 Å². The first-order chi connectivity index (χ1) is 10.5. The number of rotatable bonds is 4. The van der Waals surface area contributed by atoms with E-state index in [1.807, 2.05) is 20.8 Å². The smallest absolute Gasteiger partial charge is 0.352 e. The van der Waals surface area contributed by atoms with Crippen LogP contribution in [0.5, 0.6) is 0 Å². The Hall–Kier alpha value is -1.57. The van der Waals surface area contributed by atoms with Crippen molar-refractivity contribution in [2.45, 2.75) is 38.9 Å². The van der Waals surface area contributed by atoms with Gasteiger partial charge in [0, 0.05) is 19.3 Å². The Balaban J connectivity index is 1.80. The lowest BCUT2D eigenvalue weighted by Crippen LogP contribution is -2.34. The standard InChI is InChI=1S/C15H23F3N4O/c1-14(2,3)22-9-12(7-20-22)13(23)19-6-11-4-5-21(8-11)10-15(16,17)18/h7,9,11H,4-6,8,10H2,1-3H3,(H,19,23). The number of alkyl halides is 3. The predicted molar refractivity (Wildman–Crippen MR) is 80.2 cm³/mol. The van der Waals surface area contributed by atoms with E-state index in [-0.39, 0.29) is 17.4 Å². The highest BCUT2D eigenvalue weighted by atomic mass is 19.4. The molecule has 1 aliphatic rings. The minimum atomic E-state index is -4.17. The first-order valence-electron chi connectivity index (χ1n) is 7.67. The molecule has 8 heteroatoms. The molecule has 1 amide bonds. The second kappa shape index (κ2) is 6.51. The number of nitrogens with one attached hydrogen (secondary N) is 1. The summed E-state index contributed by atoms with van der Waals surface area (Å²) in [5, 5.41) is 6.95. The van der Waals surface area contributed by atoms with Gasteiger partial charge in [0.1, 0.15) is 0 Å². The summed E-state index contributed by atoms with van der Waals surface area (Å²) in [7, 11) is 0.